The van der Waals surface area contributed by atoms with Gasteiger partial charge in [-0.1, -0.05) is 36.4 Å². The summed E-state index contributed by atoms with van der Waals surface area (Å²) in [5.41, 5.74) is 0.0735. The Morgan fingerprint density at radius 2 is 1.81 bits per heavy atom. The summed E-state index contributed by atoms with van der Waals surface area (Å²) in [5, 5.41) is 5.40. The summed E-state index contributed by atoms with van der Waals surface area (Å²) in [6.45, 7) is 0.853. The molecule has 0 bridgehead atoms. The van der Waals surface area contributed by atoms with Gasteiger partial charge in [0.05, 0.1) is 0 Å². The molecule has 0 saturated carbocycles. The molecule has 7 heteroatoms. The molecule has 1 amide bonds. The fraction of sp³-hybridized carbons (Fsp3) is 0.316. The summed E-state index contributed by atoms with van der Waals surface area (Å²) >= 11 is 0. The molecule has 0 aromatic heterocycles. The Kier molecular flexibility index (Phi) is 5.27. The van der Waals surface area contributed by atoms with Crippen LogP contribution < -0.4 is 10.6 Å². The van der Waals surface area contributed by atoms with Gasteiger partial charge in [-0.15, -0.1) is 0 Å². The first-order valence-electron chi connectivity index (χ1n) is 8.29. The first-order valence-corrected chi connectivity index (χ1v) is 8.29. The van der Waals surface area contributed by atoms with E-state index in [9.17, 15) is 22.4 Å². The average Bonchev–Trinajstić information content (AvgIpc) is 2.65. The highest BCUT2D eigenvalue weighted by molar-refractivity contribution is 5.85. The van der Waals surface area contributed by atoms with Crippen molar-refractivity contribution in [1.82, 2.24) is 10.6 Å². The Hall–Kier alpha value is -2.41. The summed E-state index contributed by atoms with van der Waals surface area (Å²) in [6.07, 6.45) is 0.507. The van der Waals surface area contributed by atoms with Gasteiger partial charge in [0.15, 0.2) is 11.6 Å². The van der Waals surface area contributed by atoms with Crippen molar-refractivity contribution >= 4 is 5.91 Å². The number of amides is 1. The van der Waals surface area contributed by atoms with Crippen LogP contribution in [0.15, 0.2) is 48.5 Å². The smallest absolute Gasteiger partial charge is 0.346 e. The lowest BCUT2D eigenvalue weighted by atomic mass is 9.85. The molecule has 2 atom stereocenters. The van der Waals surface area contributed by atoms with Gasteiger partial charge >= 0.3 is 5.92 Å². The molecule has 1 saturated heterocycles. The minimum absolute atomic E-state index is 0.264. The van der Waals surface area contributed by atoms with E-state index in [1.807, 2.05) is 0 Å². The number of benzene rings is 2. The molecule has 2 aromatic rings. The number of nitrogens with one attached hydrogen (secondary N) is 2. The van der Waals surface area contributed by atoms with Gasteiger partial charge < -0.3 is 10.6 Å². The maximum absolute atomic E-state index is 14.4. The van der Waals surface area contributed by atoms with Crippen molar-refractivity contribution in [2.45, 2.75) is 24.3 Å². The Labute approximate surface area is 148 Å². The Morgan fingerprint density at radius 1 is 1.08 bits per heavy atom. The first kappa shape index (κ1) is 18.4. The monoisotopic (exact) mass is 366 g/mol. The number of alkyl halides is 2. The van der Waals surface area contributed by atoms with E-state index in [1.54, 1.807) is 6.07 Å². The molecule has 2 N–H and O–H groups in total. The van der Waals surface area contributed by atoms with Crippen LogP contribution in [0.25, 0.3) is 0 Å². The minimum atomic E-state index is -3.68. The van der Waals surface area contributed by atoms with Crippen LogP contribution in [-0.4, -0.2) is 25.0 Å². The summed E-state index contributed by atoms with van der Waals surface area (Å²) in [5.74, 6) is -7.46. The summed E-state index contributed by atoms with van der Waals surface area (Å²) in [6, 6.07) is 9.65. The summed E-state index contributed by atoms with van der Waals surface area (Å²) in [4.78, 5) is 12.2. The zero-order valence-corrected chi connectivity index (χ0v) is 13.8. The van der Waals surface area contributed by atoms with Crippen LogP contribution in [0.5, 0.6) is 0 Å². The number of rotatable bonds is 4. The molecule has 0 radical (unpaired) electrons. The largest absolute Gasteiger partial charge is 0.349 e. The second-order valence-electron chi connectivity index (χ2n) is 6.29. The molecule has 2 unspecified atom stereocenters. The van der Waals surface area contributed by atoms with E-state index < -0.39 is 35.1 Å². The first-order chi connectivity index (χ1) is 12.4. The maximum Gasteiger partial charge on any atom is 0.349 e. The van der Waals surface area contributed by atoms with Crippen LogP contribution in [0.2, 0.25) is 0 Å². The molecule has 1 fully saturated rings. The van der Waals surface area contributed by atoms with Crippen molar-refractivity contribution in [3.8, 4) is 0 Å². The average molecular weight is 366 g/mol. The molecule has 138 valence electrons. The predicted molar refractivity (Wildman–Crippen MR) is 88.9 cm³/mol. The lowest BCUT2D eigenvalue weighted by Gasteiger charge is -2.34. The normalized spacial score (nSPS) is 20.6. The third-order valence-corrected chi connectivity index (χ3v) is 4.59. The Balaban J connectivity index is 1.80. The highest BCUT2D eigenvalue weighted by Gasteiger charge is 2.42. The van der Waals surface area contributed by atoms with Crippen molar-refractivity contribution in [3.05, 3.63) is 71.3 Å². The zero-order valence-electron chi connectivity index (χ0n) is 13.8. The van der Waals surface area contributed by atoms with Crippen LogP contribution >= 0.6 is 0 Å². The Bertz CT molecular complexity index is 782. The van der Waals surface area contributed by atoms with Gasteiger partial charge in [0.1, 0.15) is 0 Å². The SMILES string of the molecule is O=C(NC1CNCCC1c1ccc(F)c(F)c1)C(F)(F)c1ccccc1. The van der Waals surface area contributed by atoms with Gasteiger partial charge in [-0.05, 0) is 30.7 Å². The van der Waals surface area contributed by atoms with Crippen molar-refractivity contribution in [3.63, 3.8) is 0 Å². The fourth-order valence-electron chi connectivity index (χ4n) is 3.19. The van der Waals surface area contributed by atoms with Gasteiger partial charge in [-0.3, -0.25) is 4.79 Å². The van der Waals surface area contributed by atoms with Crippen molar-refractivity contribution < 1.29 is 22.4 Å². The summed E-state index contributed by atoms with van der Waals surface area (Å²) in [7, 11) is 0. The van der Waals surface area contributed by atoms with E-state index in [2.05, 4.69) is 10.6 Å². The van der Waals surface area contributed by atoms with Gasteiger partial charge in [-0.25, -0.2) is 8.78 Å². The van der Waals surface area contributed by atoms with E-state index in [0.29, 0.717) is 18.5 Å². The molecule has 1 aliphatic rings. The van der Waals surface area contributed by atoms with E-state index in [0.717, 1.165) is 12.1 Å². The lowest BCUT2D eigenvalue weighted by molar-refractivity contribution is -0.148. The highest BCUT2D eigenvalue weighted by atomic mass is 19.3. The predicted octanol–water partition coefficient (Wildman–Crippen LogP) is 3.32. The molecular weight excluding hydrogens is 348 g/mol. The van der Waals surface area contributed by atoms with Gasteiger partial charge in [-0.2, -0.15) is 8.78 Å². The number of hydrogen-bond acceptors (Lipinski definition) is 2. The number of carbonyl (C=O) groups excluding carboxylic acids is 1. The molecule has 2 aromatic carbocycles. The second-order valence-corrected chi connectivity index (χ2v) is 6.29. The van der Waals surface area contributed by atoms with Gasteiger partial charge in [0.25, 0.3) is 5.91 Å². The number of halogens is 4. The van der Waals surface area contributed by atoms with E-state index in [-0.39, 0.29) is 12.5 Å². The van der Waals surface area contributed by atoms with Crippen LogP contribution in [-0.2, 0) is 10.7 Å². The molecule has 3 nitrogen and oxygen atoms in total. The van der Waals surface area contributed by atoms with Crippen LogP contribution in [0, 0.1) is 11.6 Å². The van der Waals surface area contributed by atoms with Crippen molar-refractivity contribution in [2.24, 2.45) is 0 Å². The standard InChI is InChI=1S/C19H18F4N2O/c20-15-7-6-12(10-16(15)21)14-8-9-24-11-17(14)25-18(26)19(22,23)13-4-2-1-3-5-13/h1-7,10,14,17,24H,8-9,11H2,(H,25,26). The minimum Gasteiger partial charge on any atom is -0.346 e. The van der Waals surface area contributed by atoms with Crippen LogP contribution in [0.1, 0.15) is 23.5 Å². The zero-order chi connectivity index (χ0) is 18.7. The molecule has 1 aliphatic heterocycles. The topological polar surface area (TPSA) is 41.1 Å². The molecule has 0 aliphatic carbocycles. The van der Waals surface area contributed by atoms with E-state index in [4.69, 9.17) is 0 Å². The third-order valence-electron chi connectivity index (χ3n) is 4.59. The van der Waals surface area contributed by atoms with E-state index >= 15 is 0 Å². The lowest BCUT2D eigenvalue weighted by Crippen LogP contribution is -2.53. The summed E-state index contributed by atoms with van der Waals surface area (Å²) < 4.78 is 55.5. The third kappa shape index (κ3) is 3.72. The second kappa shape index (κ2) is 7.45. The number of hydrogen-bond donors (Lipinski definition) is 2. The molecule has 3 rings (SSSR count). The van der Waals surface area contributed by atoms with Gasteiger partial charge in [0.2, 0.25) is 0 Å². The number of piperidine rings is 1. The van der Waals surface area contributed by atoms with Gasteiger partial charge in [0, 0.05) is 24.1 Å². The molecule has 26 heavy (non-hydrogen) atoms. The van der Waals surface area contributed by atoms with Crippen molar-refractivity contribution in [1.29, 1.82) is 0 Å². The number of carbonyl (C=O) groups is 1. The Morgan fingerprint density at radius 3 is 2.50 bits per heavy atom. The highest BCUT2D eigenvalue weighted by Crippen LogP contribution is 2.31. The van der Waals surface area contributed by atoms with Crippen LogP contribution in [0.3, 0.4) is 0 Å². The quantitative estimate of drug-likeness (QED) is 0.815. The molecular formula is C19H18F4N2O. The maximum atomic E-state index is 14.4. The van der Waals surface area contributed by atoms with Crippen molar-refractivity contribution in [2.75, 3.05) is 13.1 Å². The fourth-order valence-corrected chi connectivity index (χ4v) is 3.19. The molecule has 1 heterocycles. The van der Waals surface area contributed by atoms with E-state index in [1.165, 1.54) is 30.3 Å². The van der Waals surface area contributed by atoms with Crippen LogP contribution in [0.4, 0.5) is 17.6 Å². The molecule has 0 spiro atoms.